The third kappa shape index (κ3) is 3.72. The van der Waals surface area contributed by atoms with Crippen LogP contribution in [0, 0.1) is 13.8 Å². The monoisotopic (exact) mass is 313 g/mol. The van der Waals surface area contributed by atoms with Crippen LogP contribution in [0.15, 0.2) is 47.4 Å². The molecule has 2 aromatic carbocycles. The summed E-state index contributed by atoms with van der Waals surface area (Å²) >= 11 is 1.60. The fourth-order valence-electron chi connectivity index (χ4n) is 2.68. The molecule has 0 saturated carbocycles. The van der Waals surface area contributed by atoms with Crippen LogP contribution < -0.4 is 5.32 Å². The van der Waals surface area contributed by atoms with Gasteiger partial charge in [0.05, 0.1) is 11.6 Å². The summed E-state index contributed by atoms with van der Waals surface area (Å²) in [6, 6.07) is 14.2. The minimum absolute atomic E-state index is 0.00299. The minimum atomic E-state index is -0.00299. The average Bonchev–Trinajstić information content (AvgIpc) is 2.53. The van der Waals surface area contributed by atoms with Crippen LogP contribution in [0.3, 0.4) is 0 Å². The highest BCUT2D eigenvalue weighted by atomic mass is 32.2. The Morgan fingerprint density at radius 1 is 1.18 bits per heavy atom. The van der Waals surface area contributed by atoms with Crippen LogP contribution in [0.5, 0.6) is 0 Å². The number of hydrogen-bond donors (Lipinski definition) is 1. The van der Waals surface area contributed by atoms with Crippen molar-refractivity contribution < 1.29 is 4.79 Å². The molecule has 0 radical (unpaired) electrons. The molecule has 3 heteroatoms. The second-order valence-corrected chi connectivity index (χ2v) is 6.34. The molecule has 0 aliphatic heterocycles. The molecule has 0 aliphatic carbocycles. The molecule has 0 heterocycles. The lowest BCUT2D eigenvalue weighted by Gasteiger charge is -2.20. The van der Waals surface area contributed by atoms with Crippen LogP contribution in [0.4, 0.5) is 0 Å². The maximum Gasteiger partial charge on any atom is 0.252 e. The first kappa shape index (κ1) is 16.6. The summed E-state index contributed by atoms with van der Waals surface area (Å²) in [5.74, 6) is -0.00299. The van der Waals surface area contributed by atoms with Gasteiger partial charge in [-0.1, -0.05) is 42.8 Å². The number of benzene rings is 2. The van der Waals surface area contributed by atoms with E-state index in [2.05, 4.69) is 44.3 Å². The number of aryl methyl sites for hydroxylation is 2. The molecule has 0 aliphatic rings. The van der Waals surface area contributed by atoms with E-state index < -0.39 is 0 Å². The number of amides is 1. The second kappa shape index (κ2) is 7.50. The van der Waals surface area contributed by atoms with Gasteiger partial charge in [0.25, 0.3) is 5.91 Å². The van der Waals surface area contributed by atoms with Gasteiger partial charge in [0, 0.05) is 4.90 Å². The van der Waals surface area contributed by atoms with Gasteiger partial charge in [-0.2, -0.15) is 0 Å². The van der Waals surface area contributed by atoms with E-state index in [9.17, 15) is 4.79 Å². The first-order valence-electron chi connectivity index (χ1n) is 7.57. The molecule has 0 spiro atoms. The standard InChI is InChI=1S/C19H23NOS/c1-5-17(15-11-10-13(2)12-14(15)3)20-19(21)16-8-6-7-9-18(16)22-4/h6-12,17H,5H2,1-4H3,(H,20,21)/t17-/m0/s1. The van der Waals surface area contributed by atoms with Gasteiger partial charge in [-0.3, -0.25) is 4.79 Å². The Morgan fingerprint density at radius 3 is 2.55 bits per heavy atom. The Labute approximate surface area is 137 Å². The van der Waals surface area contributed by atoms with Gasteiger partial charge in [-0.25, -0.2) is 0 Å². The van der Waals surface area contributed by atoms with Gasteiger partial charge >= 0.3 is 0 Å². The Balaban J connectivity index is 2.24. The molecule has 0 bridgehead atoms. The summed E-state index contributed by atoms with van der Waals surface area (Å²) < 4.78 is 0. The number of hydrogen-bond acceptors (Lipinski definition) is 2. The fraction of sp³-hybridized carbons (Fsp3) is 0.316. The maximum atomic E-state index is 12.6. The van der Waals surface area contributed by atoms with E-state index >= 15 is 0 Å². The summed E-state index contributed by atoms with van der Waals surface area (Å²) in [5, 5.41) is 3.18. The second-order valence-electron chi connectivity index (χ2n) is 5.49. The highest BCUT2D eigenvalue weighted by Crippen LogP contribution is 2.24. The first-order chi connectivity index (χ1) is 10.6. The zero-order chi connectivity index (χ0) is 16.1. The Bertz CT molecular complexity index is 666. The van der Waals surface area contributed by atoms with Crippen molar-refractivity contribution in [3.8, 4) is 0 Å². The molecular formula is C19H23NOS. The third-order valence-electron chi connectivity index (χ3n) is 3.87. The smallest absolute Gasteiger partial charge is 0.252 e. The van der Waals surface area contributed by atoms with Crippen LogP contribution >= 0.6 is 11.8 Å². The minimum Gasteiger partial charge on any atom is -0.345 e. The summed E-state index contributed by atoms with van der Waals surface area (Å²) in [6.45, 7) is 6.29. The zero-order valence-electron chi connectivity index (χ0n) is 13.6. The SMILES string of the molecule is CC[C@H](NC(=O)c1ccccc1SC)c1ccc(C)cc1C. The van der Waals surface area contributed by atoms with Crippen molar-refractivity contribution in [1.82, 2.24) is 5.32 Å². The van der Waals surface area contributed by atoms with Crippen LogP contribution in [-0.4, -0.2) is 12.2 Å². The first-order valence-corrected chi connectivity index (χ1v) is 8.80. The molecule has 0 aromatic heterocycles. The number of thioether (sulfide) groups is 1. The van der Waals surface area contributed by atoms with Crippen molar-refractivity contribution in [2.75, 3.05) is 6.26 Å². The molecule has 0 fully saturated rings. The Kier molecular flexibility index (Phi) is 5.67. The van der Waals surface area contributed by atoms with Crippen LogP contribution in [0.25, 0.3) is 0 Å². The number of rotatable bonds is 5. The van der Waals surface area contributed by atoms with E-state index in [0.29, 0.717) is 0 Å². The fourth-order valence-corrected chi connectivity index (χ4v) is 3.28. The van der Waals surface area contributed by atoms with Crippen molar-refractivity contribution in [3.05, 3.63) is 64.7 Å². The van der Waals surface area contributed by atoms with E-state index in [4.69, 9.17) is 0 Å². The largest absolute Gasteiger partial charge is 0.345 e. The van der Waals surface area contributed by atoms with Crippen molar-refractivity contribution in [2.24, 2.45) is 0 Å². The van der Waals surface area contributed by atoms with Gasteiger partial charge < -0.3 is 5.32 Å². The van der Waals surface area contributed by atoms with Crippen LogP contribution in [-0.2, 0) is 0 Å². The molecule has 0 unspecified atom stereocenters. The summed E-state index contributed by atoms with van der Waals surface area (Å²) in [4.78, 5) is 13.6. The lowest BCUT2D eigenvalue weighted by molar-refractivity contribution is 0.0932. The maximum absolute atomic E-state index is 12.6. The predicted molar refractivity (Wildman–Crippen MR) is 94.6 cm³/mol. The van der Waals surface area contributed by atoms with E-state index in [1.807, 2.05) is 30.5 Å². The summed E-state index contributed by atoms with van der Waals surface area (Å²) in [7, 11) is 0. The molecule has 0 saturated heterocycles. The van der Waals surface area contributed by atoms with Crippen molar-refractivity contribution in [2.45, 2.75) is 38.1 Å². The highest BCUT2D eigenvalue weighted by Gasteiger charge is 2.17. The molecule has 1 amide bonds. The quantitative estimate of drug-likeness (QED) is 0.795. The predicted octanol–water partition coefficient (Wildman–Crippen LogP) is 4.91. The average molecular weight is 313 g/mol. The lowest BCUT2D eigenvalue weighted by atomic mass is 9.97. The van der Waals surface area contributed by atoms with Crippen molar-refractivity contribution in [1.29, 1.82) is 0 Å². The van der Waals surface area contributed by atoms with E-state index in [-0.39, 0.29) is 11.9 Å². The van der Waals surface area contributed by atoms with Gasteiger partial charge in [-0.05, 0) is 49.8 Å². The lowest BCUT2D eigenvalue weighted by Crippen LogP contribution is -2.29. The zero-order valence-corrected chi connectivity index (χ0v) is 14.5. The van der Waals surface area contributed by atoms with Crippen molar-refractivity contribution >= 4 is 17.7 Å². The molecular weight excluding hydrogens is 290 g/mol. The molecule has 1 N–H and O–H groups in total. The number of nitrogens with one attached hydrogen (secondary N) is 1. The van der Waals surface area contributed by atoms with Gasteiger partial charge in [-0.15, -0.1) is 11.8 Å². The van der Waals surface area contributed by atoms with E-state index in [0.717, 1.165) is 16.9 Å². The summed E-state index contributed by atoms with van der Waals surface area (Å²) in [5.41, 5.74) is 4.42. The molecule has 2 aromatic rings. The van der Waals surface area contributed by atoms with Gasteiger partial charge in [0.2, 0.25) is 0 Å². The normalized spacial score (nSPS) is 12.0. The molecule has 116 valence electrons. The molecule has 1 atom stereocenters. The van der Waals surface area contributed by atoms with Gasteiger partial charge in [0.15, 0.2) is 0 Å². The van der Waals surface area contributed by atoms with Crippen LogP contribution in [0.1, 0.15) is 46.4 Å². The van der Waals surface area contributed by atoms with Crippen LogP contribution in [0.2, 0.25) is 0 Å². The topological polar surface area (TPSA) is 29.1 Å². The van der Waals surface area contributed by atoms with Crippen molar-refractivity contribution in [3.63, 3.8) is 0 Å². The Hall–Kier alpha value is -1.74. The Morgan fingerprint density at radius 2 is 1.91 bits per heavy atom. The third-order valence-corrected chi connectivity index (χ3v) is 4.66. The highest BCUT2D eigenvalue weighted by molar-refractivity contribution is 7.98. The molecule has 2 rings (SSSR count). The number of carbonyl (C=O) groups is 1. The molecule has 22 heavy (non-hydrogen) atoms. The van der Waals surface area contributed by atoms with E-state index in [1.165, 1.54) is 16.7 Å². The summed E-state index contributed by atoms with van der Waals surface area (Å²) in [6.07, 6.45) is 2.87. The number of carbonyl (C=O) groups excluding carboxylic acids is 1. The van der Waals surface area contributed by atoms with Gasteiger partial charge in [0.1, 0.15) is 0 Å². The van der Waals surface area contributed by atoms with E-state index in [1.54, 1.807) is 11.8 Å². The molecule has 2 nitrogen and oxygen atoms in total.